The Morgan fingerprint density at radius 1 is 1.26 bits per heavy atom. The van der Waals surface area contributed by atoms with Crippen LogP contribution in [0, 0.1) is 0 Å². The van der Waals surface area contributed by atoms with Crippen LogP contribution < -0.4 is 15.4 Å². The summed E-state index contributed by atoms with van der Waals surface area (Å²) in [6.45, 7) is -2.91. The number of hydrogen-bond donors (Lipinski definition) is 2. The van der Waals surface area contributed by atoms with Crippen molar-refractivity contribution in [3.8, 4) is 5.75 Å². The van der Waals surface area contributed by atoms with E-state index in [0.29, 0.717) is 0 Å². The summed E-state index contributed by atoms with van der Waals surface area (Å²) < 4.78 is 29.0. The zero-order chi connectivity index (χ0) is 16.8. The van der Waals surface area contributed by atoms with Gasteiger partial charge in [-0.1, -0.05) is 12.1 Å². The number of nitrogens with one attached hydrogen (secondary N) is 2. The second-order valence-electron chi connectivity index (χ2n) is 5.44. The first-order valence-electron chi connectivity index (χ1n) is 7.25. The summed E-state index contributed by atoms with van der Waals surface area (Å²) in [5.74, 6) is -0.661. The number of carbonyl (C=O) groups is 2. The van der Waals surface area contributed by atoms with Gasteiger partial charge in [-0.25, -0.2) is 0 Å². The van der Waals surface area contributed by atoms with E-state index in [0.717, 1.165) is 12.8 Å². The number of para-hydroxylation sites is 2. The van der Waals surface area contributed by atoms with Crippen LogP contribution >= 0.6 is 0 Å². The summed E-state index contributed by atoms with van der Waals surface area (Å²) in [5.41, 5.74) is 0.161. The van der Waals surface area contributed by atoms with Gasteiger partial charge in [-0.05, 0) is 32.0 Å². The van der Waals surface area contributed by atoms with Gasteiger partial charge in [0, 0.05) is 6.04 Å². The smallest absolute Gasteiger partial charge is 0.387 e. The molecule has 1 aliphatic carbocycles. The number of benzene rings is 1. The molecule has 0 saturated heterocycles. The first-order valence-corrected chi connectivity index (χ1v) is 7.25. The summed E-state index contributed by atoms with van der Waals surface area (Å²) in [6, 6.07) is 6.20. The average Bonchev–Trinajstić information content (AvgIpc) is 3.23. The first-order chi connectivity index (χ1) is 10.9. The Labute approximate surface area is 132 Å². The minimum absolute atomic E-state index is 0.0406. The van der Waals surface area contributed by atoms with Crippen LogP contribution in [0.15, 0.2) is 24.3 Å². The quantitative estimate of drug-likeness (QED) is 0.758. The molecule has 1 aromatic rings. The molecule has 2 N–H and O–H groups in total. The monoisotopic (exact) mass is 327 g/mol. The molecule has 1 aromatic carbocycles. The fourth-order valence-corrected chi connectivity index (χ4v) is 2.01. The van der Waals surface area contributed by atoms with Crippen molar-refractivity contribution in [3.63, 3.8) is 0 Å². The normalized spacial score (nSPS) is 14.0. The first kappa shape index (κ1) is 17.1. The number of carbonyl (C=O) groups excluding carboxylic acids is 2. The lowest BCUT2D eigenvalue weighted by atomic mass is 10.3. The lowest BCUT2D eigenvalue weighted by molar-refractivity contribution is -0.123. The van der Waals surface area contributed by atoms with Crippen LogP contribution in [0.4, 0.5) is 14.5 Å². The highest BCUT2D eigenvalue weighted by Gasteiger charge is 2.23. The molecule has 0 aliphatic heterocycles. The van der Waals surface area contributed by atoms with Gasteiger partial charge in [-0.2, -0.15) is 8.78 Å². The third kappa shape index (κ3) is 6.19. The standard InChI is InChI=1S/C15H19F2N3O3/c1-20(8-13(21)18-10-6-7-10)9-14(22)19-11-4-2-3-5-12(11)23-15(16)17/h2-5,10,15H,6-9H2,1H3,(H,18,21)(H,19,22). The highest BCUT2D eigenvalue weighted by molar-refractivity contribution is 5.94. The number of rotatable bonds is 8. The van der Waals surface area contributed by atoms with Crippen molar-refractivity contribution in [1.82, 2.24) is 10.2 Å². The molecule has 0 atom stereocenters. The van der Waals surface area contributed by atoms with Gasteiger partial charge >= 0.3 is 6.61 Å². The van der Waals surface area contributed by atoms with Crippen LogP contribution in [-0.4, -0.2) is 49.5 Å². The molecule has 1 aliphatic rings. The SMILES string of the molecule is CN(CC(=O)Nc1ccccc1OC(F)F)CC(=O)NC1CC1. The Kier molecular flexibility index (Phi) is 5.86. The molecule has 6 nitrogen and oxygen atoms in total. The molecule has 0 unspecified atom stereocenters. The number of halogens is 2. The second kappa shape index (κ2) is 7.87. The molecule has 2 rings (SSSR count). The number of anilines is 1. The molecule has 0 radical (unpaired) electrons. The third-order valence-electron chi connectivity index (χ3n) is 3.15. The lowest BCUT2D eigenvalue weighted by Crippen LogP contribution is -2.39. The Morgan fingerprint density at radius 3 is 2.57 bits per heavy atom. The predicted octanol–water partition coefficient (Wildman–Crippen LogP) is 1.44. The van der Waals surface area contributed by atoms with Gasteiger partial charge in [0.05, 0.1) is 18.8 Å². The van der Waals surface area contributed by atoms with Crippen LogP contribution in [-0.2, 0) is 9.59 Å². The molecule has 23 heavy (non-hydrogen) atoms. The molecule has 1 fully saturated rings. The van der Waals surface area contributed by atoms with Crippen molar-refractivity contribution < 1.29 is 23.1 Å². The summed E-state index contributed by atoms with van der Waals surface area (Å²) in [4.78, 5) is 25.1. The van der Waals surface area contributed by atoms with Crippen LogP contribution in [0.5, 0.6) is 5.75 Å². The Morgan fingerprint density at radius 2 is 1.91 bits per heavy atom. The van der Waals surface area contributed by atoms with Gasteiger partial charge in [0.15, 0.2) is 0 Å². The molecular weight excluding hydrogens is 308 g/mol. The van der Waals surface area contributed by atoms with Crippen LogP contribution in [0.2, 0.25) is 0 Å². The fraction of sp³-hybridized carbons (Fsp3) is 0.467. The molecule has 2 amide bonds. The summed E-state index contributed by atoms with van der Waals surface area (Å²) in [5, 5.41) is 5.33. The number of amides is 2. The second-order valence-corrected chi connectivity index (χ2v) is 5.44. The van der Waals surface area contributed by atoms with E-state index in [9.17, 15) is 18.4 Å². The minimum Gasteiger partial charge on any atom is -0.433 e. The molecular formula is C15H19F2N3O3. The van der Waals surface area contributed by atoms with E-state index in [1.54, 1.807) is 18.0 Å². The van der Waals surface area contributed by atoms with E-state index in [1.165, 1.54) is 18.2 Å². The van der Waals surface area contributed by atoms with E-state index in [-0.39, 0.29) is 36.5 Å². The number of alkyl halides is 2. The molecule has 0 spiro atoms. The van der Waals surface area contributed by atoms with Gasteiger partial charge in [-0.3, -0.25) is 14.5 Å². The highest BCUT2D eigenvalue weighted by Crippen LogP contribution is 2.25. The van der Waals surface area contributed by atoms with E-state index in [2.05, 4.69) is 15.4 Å². The van der Waals surface area contributed by atoms with Crippen molar-refractivity contribution in [2.24, 2.45) is 0 Å². The van der Waals surface area contributed by atoms with Crippen molar-refractivity contribution >= 4 is 17.5 Å². The predicted molar refractivity (Wildman–Crippen MR) is 80.4 cm³/mol. The van der Waals surface area contributed by atoms with Gasteiger partial charge in [-0.15, -0.1) is 0 Å². The summed E-state index contributed by atoms with van der Waals surface area (Å²) >= 11 is 0. The topological polar surface area (TPSA) is 70.7 Å². The molecule has 0 aromatic heterocycles. The third-order valence-corrected chi connectivity index (χ3v) is 3.15. The van der Waals surface area contributed by atoms with E-state index < -0.39 is 12.5 Å². The zero-order valence-electron chi connectivity index (χ0n) is 12.7. The molecule has 8 heteroatoms. The van der Waals surface area contributed by atoms with Crippen molar-refractivity contribution in [2.75, 3.05) is 25.5 Å². The van der Waals surface area contributed by atoms with Gasteiger partial charge < -0.3 is 15.4 Å². The maximum atomic E-state index is 12.3. The Hall–Kier alpha value is -2.22. The summed E-state index contributed by atoms with van der Waals surface area (Å²) in [6.07, 6.45) is 1.99. The minimum atomic E-state index is -2.97. The fourth-order valence-electron chi connectivity index (χ4n) is 2.01. The molecule has 0 bridgehead atoms. The van der Waals surface area contributed by atoms with Gasteiger partial charge in [0.25, 0.3) is 0 Å². The van der Waals surface area contributed by atoms with Crippen molar-refractivity contribution in [3.05, 3.63) is 24.3 Å². The van der Waals surface area contributed by atoms with Crippen molar-refractivity contribution in [1.29, 1.82) is 0 Å². The van der Waals surface area contributed by atoms with Gasteiger partial charge in [0.1, 0.15) is 5.75 Å². The number of hydrogen-bond acceptors (Lipinski definition) is 4. The van der Waals surface area contributed by atoms with Crippen LogP contribution in [0.25, 0.3) is 0 Å². The van der Waals surface area contributed by atoms with Crippen molar-refractivity contribution in [2.45, 2.75) is 25.5 Å². The number of ether oxygens (including phenoxy) is 1. The Bertz CT molecular complexity index is 565. The van der Waals surface area contributed by atoms with E-state index in [1.807, 2.05) is 0 Å². The average molecular weight is 327 g/mol. The van der Waals surface area contributed by atoms with Crippen LogP contribution in [0.1, 0.15) is 12.8 Å². The zero-order valence-corrected chi connectivity index (χ0v) is 12.7. The largest absolute Gasteiger partial charge is 0.433 e. The molecule has 126 valence electrons. The highest BCUT2D eigenvalue weighted by atomic mass is 19.3. The lowest BCUT2D eigenvalue weighted by Gasteiger charge is -2.17. The van der Waals surface area contributed by atoms with Gasteiger partial charge in [0.2, 0.25) is 11.8 Å². The maximum absolute atomic E-state index is 12.3. The van der Waals surface area contributed by atoms with Crippen LogP contribution in [0.3, 0.4) is 0 Å². The molecule has 0 heterocycles. The number of likely N-dealkylation sites (N-methyl/N-ethyl adjacent to an activating group) is 1. The Balaban J connectivity index is 1.82. The summed E-state index contributed by atoms with van der Waals surface area (Å²) in [7, 11) is 1.63. The van der Waals surface area contributed by atoms with E-state index >= 15 is 0 Å². The van der Waals surface area contributed by atoms with E-state index in [4.69, 9.17) is 0 Å². The maximum Gasteiger partial charge on any atom is 0.387 e. The molecule has 1 saturated carbocycles. The number of nitrogens with zero attached hydrogens (tertiary/aromatic N) is 1.